The van der Waals surface area contributed by atoms with Gasteiger partial charge in [-0.25, -0.2) is 0 Å². The monoisotopic (exact) mass is 337 g/mol. The van der Waals surface area contributed by atoms with Crippen LogP contribution in [0.5, 0.6) is 5.75 Å². The minimum absolute atomic E-state index is 0.0718. The number of nitrogens with two attached hydrogens (primary N) is 1. The van der Waals surface area contributed by atoms with Crippen molar-refractivity contribution in [3.8, 4) is 5.75 Å². The number of fused-ring (bicyclic) bond motifs is 1. The van der Waals surface area contributed by atoms with Crippen molar-refractivity contribution in [3.05, 3.63) is 27.7 Å². The fourth-order valence-electron chi connectivity index (χ4n) is 4.33. The predicted molar refractivity (Wildman–Crippen MR) is 86.1 cm³/mol. The van der Waals surface area contributed by atoms with Gasteiger partial charge in [0.25, 0.3) is 0 Å². The van der Waals surface area contributed by atoms with Crippen LogP contribution in [-0.4, -0.2) is 12.1 Å². The lowest BCUT2D eigenvalue weighted by molar-refractivity contribution is 0.181. The van der Waals surface area contributed by atoms with E-state index in [1.54, 1.807) is 0 Å². The van der Waals surface area contributed by atoms with Crippen LogP contribution in [0.1, 0.15) is 44.2 Å². The van der Waals surface area contributed by atoms with E-state index in [1.807, 2.05) is 0 Å². The van der Waals surface area contributed by atoms with Gasteiger partial charge < -0.3 is 10.5 Å². The number of rotatable bonds is 2. The van der Waals surface area contributed by atoms with Crippen LogP contribution in [0.25, 0.3) is 0 Å². The number of hydrogen-bond acceptors (Lipinski definition) is 2. The molecule has 1 aromatic rings. The third-order valence-corrected chi connectivity index (χ3v) is 5.14. The fraction of sp³-hybridized carbons (Fsp3) is 0.647. The molecule has 0 bridgehead atoms. The van der Waals surface area contributed by atoms with Gasteiger partial charge in [-0.05, 0) is 60.8 Å². The number of ether oxygens (including phenoxy) is 1. The fourth-order valence-corrected chi connectivity index (χ4v) is 4.88. The molecule has 2 unspecified atom stereocenters. The number of benzene rings is 1. The van der Waals surface area contributed by atoms with Crippen molar-refractivity contribution in [3.63, 3.8) is 0 Å². The molecule has 0 aromatic heterocycles. The second kappa shape index (κ2) is 5.34. The SMILES string of the molecule is CC1CC(C)CC(N)(Cc2cc(Br)cc3c2OCC3)C1. The van der Waals surface area contributed by atoms with E-state index in [0.717, 1.165) is 54.3 Å². The molecule has 0 amide bonds. The van der Waals surface area contributed by atoms with E-state index in [9.17, 15) is 0 Å². The van der Waals surface area contributed by atoms with E-state index in [4.69, 9.17) is 10.5 Å². The topological polar surface area (TPSA) is 35.2 Å². The molecule has 1 aromatic carbocycles. The molecule has 1 heterocycles. The third-order valence-electron chi connectivity index (χ3n) is 4.68. The molecule has 0 spiro atoms. The Labute approximate surface area is 130 Å². The molecule has 3 heteroatoms. The summed E-state index contributed by atoms with van der Waals surface area (Å²) in [5.41, 5.74) is 9.29. The van der Waals surface area contributed by atoms with Crippen molar-refractivity contribution in [1.82, 2.24) is 0 Å². The first-order valence-corrected chi connectivity index (χ1v) is 8.47. The molecule has 110 valence electrons. The maximum absolute atomic E-state index is 6.75. The van der Waals surface area contributed by atoms with Gasteiger partial charge in [0, 0.05) is 16.4 Å². The summed E-state index contributed by atoms with van der Waals surface area (Å²) in [7, 11) is 0. The molecule has 1 fully saturated rings. The molecule has 2 nitrogen and oxygen atoms in total. The van der Waals surface area contributed by atoms with Crippen LogP contribution in [0, 0.1) is 11.8 Å². The van der Waals surface area contributed by atoms with E-state index in [-0.39, 0.29) is 5.54 Å². The molecule has 0 radical (unpaired) electrons. The summed E-state index contributed by atoms with van der Waals surface area (Å²) in [6.45, 7) is 5.47. The lowest BCUT2D eigenvalue weighted by Gasteiger charge is -2.40. The van der Waals surface area contributed by atoms with Crippen LogP contribution in [0.15, 0.2) is 16.6 Å². The molecular weight excluding hydrogens is 314 g/mol. The minimum Gasteiger partial charge on any atom is -0.493 e. The van der Waals surface area contributed by atoms with Gasteiger partial charge in [0.05, 0.1) is 6.61 Å². The van der Waals surface area contributed by atoms with Crippen molar-refractivity contribution in [2.24, 2.45) is 17.6 Å². The molecule has 3 rings (SSSR count). The van der Waals surface area contributed by atoms with Gasteiger partial charge in [-0.15, -0.1) is 0 Å². The Morgan fingerprint density at radius 3 is 2.70 bits per heavy atom. The normalized spacial score (nSPS) is 32.8. The summed E-state index contributed by atoms with van der Waals surface area (Å²) in [5, 5.41) is 0. The highest BCUT2D eigenvalue weighted by Gasteiger charge is 2.35. The average molecular weight is 338 g/mol. The van der Waals surface area contributed by atoms with E-state index < -0.39 is 0 Å². The van der Waals surface area contributed by atoms with E-state index >= 15 is 0 Å². The average Bonchev–Trinajstić information content (AvgIpc) is 2.73. The number of halogens is 1. The van der Waals surface area contributed by atoms with E-state index in [2.05, 4.69) is 41.9 Å². The summed E-state index contributed by atoms with van der Waals surface area (Å²) >= 11 is 3.63. The zero-order chi connectivity index (χ0) is 14.3. The summed E-state index contributed by atoms with van der Waals surface area (Å²) < 4.78 is 7.00. The van der Waals surface area contributed by atoms with Gasteiger partial charge in [0.1, 0.15) is 5.75 Å². The van der Waals surface area contributed by atoms with Crippen molar-refractivity contribution >= 4 is 15.9 Å². The van der Waals surface area contributed by atoms with Crippen LogP contribution < -0.4 is 10.5 Å². The smallest absolute Gasteiger partial charge is 0.125 e. The molecule has 2 aliphatic rings. The first-order chi connectivity index (χ1) is 9.45. The molecular formula is C17H24BrNO. The molecule has 2 N–H and O–H groups in total. The van der Waals surface area contributed by atoms with Crippen molar-refractivity contribution in [2.45, 2.75) is 51.5 Å². The molecule has 1 aliphatic heterocycles. The Kier molecular flexibility index (Phi) is 3.85. The first kappa shape index (κ1) is 14.4. The highest BCUT2D eigenvalue weighted by Crippen LogP contribution is 2.40. The zero-order valence-electron chi connectivity index (χ0n) is 12.4. The van der Waals surface area contributed by atoms with Gasteiger partial charge in [-0.1, -0.05) is 29.8 Å². The maximum Gasteiger partial charge on any atom is 0.125 e. The maximum atomic E-state index is 6.75. The quantitative estimate of drug-likeness (QED) is 0.882. The Hall–Kier alpha value is -0.540. The highest BCUT2D eigenvalue weighted by atomic mass is 79.9. The highest BCUT2D eigenvalue weighted by molar-refractivity contribution is 9.10. The first-order valence-electron chi connectivity index (χ1n) is 7.68. The molecule has 1 saturated carbocycles. The van der Waals surface area contributed by atoms with Crippen LogP contribution >= 0.6 is 15.9 Å². The van der Waals surface area contributed by atoms with Gasteiger partial charge in [-0.2, -0.15) is 0 Å². The van der Waals surface area contributed by atoms with Gasteiger partial charge in [0.2, 0.25) is 0 Å². The Morgan fingerprint density at radius 2 is 2.00 bits per heavy atom. The van der Waals surface area contributed by atoms with E-state index in [0.29, 0.717) is 0 Å². The Bertz CT molecular complexity index is 504. The third kappa shape index (κ3) is 2.89. The van der Waals surface area contributed by atoms with Gasteiger partial charge >= 0.3 is 0 Å². The van der Waals surface area contributed by atoms with Crippen LogP contribution in [-0.2, 0) is 12.8 Å². The summed E-state index contributed by atoms with van der Waals surface area (Å²) in [5.74, 6) is 2.55. The number of hydrogen-bond donors (Lipinski definition) is 1. The lowest BCUT2D eigenvalue weighted by Crippen LogP contribution is -2.48. The zero-order valence-corrected chi connectivity index (χ0v) is 14.0. The molecule has 20 heavy (non-hydrogen) atoms. The Balaban J connectivity index is 1.87. The predicted octanol–water partition coefficient (Wildman–Crippen LogP) is 4.08. The van der Waals surface area contributed by atoms with Gasteiger partial charge in [0.15, 0.2) is 0 Å². The summed E-state index contributed by atoms with van der Waals surface area (Å²) in [6.07, 6.45) is 5.51. The van der Waals surface area contributed by atoms with Crippen LogP contribution in [0.3, 0.4) is 0 Å². The summed E-state index contributed by atoms with van der Waals surface area (Å²) in [6, 6.07) is 4.38. The largest absolute Gasteiger partial charge is 0.493 e. The standard InChI is InChI=1S/C17H24BrNO/c1-11-5-12(2)9-17(19,8-11)10-14-7-15(18)6-13-3-4-20-16(13)14/h6-7,11-12H,3-5,8-10,19H2,1-2H3. The second-order valence-corrected chi connectivity index (χ2v) is 7.96. The van der Waals surface area contributed by atoms with Crippen LogP contribution in [0.2, 0.25) is 0 Å². The van der Waals surface area contributed by atoms with E-state index in [1.165, 1.54) is 17.5 Å². The lowest BCUT2D eigenvalue weighted by atomic mass is 9.69. The summed E-state index contributed by atoms with van der Waals surface area (Å²) in [4.78, 5) is 0. The van der Waals surface area contributed by atoms with Crippen molar-refractivity contribution in [1.29, 1.82) is 0 Å². The van der Waals surface area contributed by atoms with Crippen molar-refractivity contribution in [2.75, 3.05) is 6.61 Å². The molecule has 0 saturated heterocycles. The van der Waals surface area contributed by atoms with Crippen LogP contribution in [0.4, 0.5) is 0 Å². The molecule has 2 atom stereocenters. The van der Waals surface area contributed by atoms with Gasteiger partial charge in [-0.3, -0.25) is 0 Å². The second-order valence-electron chi connectivity index (χ2n) is 7.05. The van der Waals surface area contributed by atoms with Crippen molar-refractivity contribution < 1.29 is 4.74 Å². The minimum atomic E-state index is -0.0718. The Morgan fingerprint density at radius 1 is 1.30 bits per heavy atom. The molecule has 1 aliphatic carbocycles.